The van der Waals surface area contributed by atoms with E-state index >= 15 is 0 Å². The third-order valence-electron chi connectivity index (χ3n) is 7.82. The van der Waals surface area contributed by atoms with E-state index in [2.05, 4.69) is 117 Å². The highest BCUT2D eigenvalue weighted by atomic mass is 15.0. The van der Waals surface area contributed by atoms with Crippen LogP contribution in [-0.2, 0) is 0 Å². The van der Waals surface area contributed by atoms with Crippen LogP contribution in [0.15, 0.2) is 134 Å². The molecule has 3 aromatic heterocycles. The minimum absolute atomic E-state index is 0.649. The molecule has 0 unspecified atom stereocenters. The number of fused-ring (bicyclic) bond motifs is 6. The summed E-state index contributed by atoms with van der Waals surface area (Å²) < 4.78 is 4.66. The molecule has 0 radical (unpaired) electrons. The number of pyridine rings is 1. The van der Waals surface area contributed by atoms with Gasteiger partial charge >= 0.3 is 0 Å². The standard InChI is InChI=1S/C36H22N4/c37-22-24-13-15-25(16-14-24)26-19-27(39-33-10-4-1-7-29(33)30-8-2-5-11-34(30)39)21-28(20-26)40-35-12-6-3-9-31(35)32-17-18-38-23-36(32)40/h1-21,23H. The van der Waals surface area contributed by atoms with Crippen LogP contribution in [0.25, 0.3) is 66.1 Å². The lowest BCUT2D eigenvalue weighted by molar-refractivity contribution is 1.13. The predicted octanol–water partition coefficient (Wildman–Crippen LogP) is 8.81. The zero-order valence-corrected chi connectivity index (χ0v) is 21.5. The monoisotopic (exact) mass is 510 g/mol. The van der Waals surface area contributed by atoms with Crippen LogP contribution in [0.4, 0.5) is 0 Å². The van der Waals surface area contributed by atoms with E-state index in [9.17, 15) is 5.26 Å². The van der Waals surface area contributed by atoms with Gasteiger partial charge in [0.2, 0.25) is 0 Å². The Hall–Kier alpha value is -5.66. The van der Waals surface area contributed by atoms with Gasteiger partial charge in [0.1, 0.15) is 0 Å². The van der Waals surface area contributed by atoms with Gasteiger partial charge < -0.3 is 9.13 Å². The summed E-state index contributed by atoms with van der Waals surface area (Å²) >= 11 is 0. The Morgan fingerprint density at radius 2 is 1.00 bits per heavy atom. The van der Waals surface area contributed by atoms with Crippen molar-refractivity contribution in [3.05, 3.63) is 139 Å². The Balaban J connectivity index is 1.49. The van der Waals surface area contributed by atoms with E-state index in [1.165, 1.54) is 21.5 Å². The van der Waals surface area contributed by atoms with Gasteiger partial charge in [0.25, 0.3) is 0 Å². The summed E-state index contributed by atoms with van der Waals surface area (Å²) in [5.74, 6) is 0. The van der Waals surface area contributed by atoms with Crippen LogP contribution in [0, 0.1) is 11.3 Å². The molecule has 0 aliphatic heterocycles. The molecular formula is C36H22N4. The Morgan fingerprint density at radius 1 is 0.500 bits per heavy atom. The van der Waals surface area contributed by atoms with Gasteiger partial charge in [-0.1, -0.05) is 66.7 Å². The first-order valence-corrected chi connectivity index (χ1v) is 13.3. The number of nitrogens with zero attached hydrogens (tertiary/aromatic N) is 4. The summed E-state index contributed by atoms with van der Waals surface area (Å²) in [6.07, 6.45) is 3.81. The summed E-state index contributed by atoms with van der Waals surface area (Å²) in [5.41, 5.74) is 9.43. The fraction of sp³-hybridized carbons (Fsp3) is 0. The van der Waals surface area contributed by atoms with Gasteiger partial charge in [-0.25, -0.2) is 0 Å². The normalized spacial score (nSPS) is 11.5. The SMILES string of the molecule is N#Cc1ccc(-c2cc(-n3c4ccccc4c4ccccc43)cc(-n3c4ccccc4c4ccncc43)c2)cc1. The molecule has 0 bridgehead atoms. The van der Waals surface area contributed by atoms with Crippen molar-refractivity contribution in [2.75, 3.05) is 0 Å². The van der Waals surface area contributed by atoms with E-state index in [0.29, 0.717) is 5.56 Å². The molecule has 4 nitrogen and oxygen atoms in total. The van der Waals surface area contributed by atoms with Crippen LogP contribution in [0.1, 0.15) is 5.56 Å². The molecule has 5 aromatic carbocycles. The van der Waals surface area contributed by atoms with Gasteiger partial charge in [-0.05, 0) is 65.7 Å². The molecule has 3 heterocycles. The average Bonchev–Trinajstić information content (AvgIpc) is 3.54. The van der Waals surface area contributed by atoms with Crippen molar-refractivity contribution in [3.8, 4) is 28.6 Å². The van der Waals surface area contributed by atoms with Gasteiger partial charge in [0.15, 0.2) is 0 Å². The van der Waals surface area contributed by atoms with Crippen LogP contribution >= 0.6 is 0 Å². The number of benzene rings is 5. The first-order valence-electron chi connectivity index (χ1n) is 13.3. The smallest absolute Gasteiger partial charge is 0.0991 e. The van der Waals surface area contributed by atoms with Crippen LogP contribution in [0.3, 0.4) is 0 Å². The Morgan fingerprint density at radius 3 is 1.55 bits per heavy atom. The molecular weight excluding hydrogens is 488 g/mol. The fourth-order valence-corrected chi connectivity index (χ4v) is 6.05. The second kappa shape index (κ2) is 8.69. The van der Waals surface area contributed by atoms with Crippen molar-refractivity contribution >= 4 is 43.6 Å². The van der Waals surface area contributed by atoms with Gasteiger partial charge in [-0.15, -0.1) is 0 Å². The highest BCUT2D eigenvalue weighted by molar-refractivity contribution is 6.10. The Kier molecular flexibility index (Phi) is 4.85. The fourth-order valence-electron chi connectivity index (χ4n) is 6.05. The third-order valence-corrected chi connectivity index (χ3v) is 7.82. The summed E-state index contributed by atoms with van der Waals surface area (Å²) in [5, 5.41) is 14.2. The van der Waals surface area contributed by atoms with Gasteiger partial charge in [-0.2, -0.15) is 5.26 Å². The predicted molar refractivity (Wildman–Crippen MR) is 163 cm³/mol. The molecule has 0 fully saturated rings. The zero-order chi connectivity index (χ0) is 26.6. The Bertz CT molecular complexity index is 2040. The van der Waals surface area contributed by atoms with Crippen LogP contribution in [0.5, 0.6) is 0 Å². The first-order chi connectivity index (χ1) is 19.8. The quantitative estimate of drug-likeness (QED) is 0.238. The number of hydrogen-bond acceptors (Lipinski definition) is 2. The summed E-state index contributed by atoms with van der Waals surface area (Å²) in [7, 11) is 0. The average molecular weight is 511 g/mol. The van der Waals surface area contributed by atoms with Crippen molar-refractivity contribution in [2.24, 2.45) is 0 Å². The van der Waals surface area contributed by atoms with Gasteiger partial charge in [0.05, 0.1) is 39.9 Å². The topological polar surface area (TPSA) is 46.5 Å². The maximum Gasteiger partial charge on any atom is 0.0991 e. The van der Waals surface area contributed by atoms with Crippen molar-refractivity contribution in [1.29, 1.82) is 5.26 Å². The van der Waals surface area contributed by atoms with Gasteiger partial charge in [0, 0.05) is 39.1 Å². The molecule has 0 saturated heterocycles. The number of para-hydroxylation sites is 3. The molecule has 4 heteroatoms. The van der Waals surface area contributed by atoms with Crippen molar-refractivity contribution in [1.82, 2.24) is 14.1 Å². The largest absolute Gasteiger partial charge is 0.309 e. The van der Waals surface area contributed by atoms with E-state index in [1.807, 2.05) is 36.7 Å². The minimum atomic E-state index is 0.649. The van der Waals surface area contributed by atoms with Crippen molar-refractivity contribution in [2.45, 2.75) is 0 Å². The van der Waals surface area contributed by atoms with Crippen molar-refractivity contribution < 1.29 is 0 Å². The number of rotatable bonds is 3. The van der Waals surface area contributed by atoms with Crippen LogP contribution in [0.2, 0.25) is 0 Å². The Labute approximate surface area is 230 Å². The van der Waals surface area contributed by atoms with E-state index in [-0.39, 0.29) is 0 Å². The van der Waals surface area contributed by atoms with Crippen LogP contribution < -0.4 is 0 Å². The minimum Gasteiger partial charge on any atom is -0.309 e. The lowest BCUT2D eigenvalue weighted by Crippen LogP contribution is -2.00. The van der Waals surface area contributed by atoms with E-state index < -0.39 is 0 Å². The molecule has 40 heavy (non-hydrogen) atoms. The van der Waals surface area contributed by atoms with E-state index in [4.69, 9.17) is 0 Å². The number of nitriles is 1. The lowest BCUT2D eigenvalue weighted by Gasteiger charge is -2.16. The maximum absolute atomic E-state index is 9.38. The molecule has 0 atom stereocenters. The van der Waals surface area contributed by atoms with Gasteiger partial charge in [-0.3, -0.25) is 4.98 Å². The molecule has 0 spiro atoms. The summed E-state index contributed by atoms with van der Waals surface area (Å²) in [6, 6.07) is 44.6. The molecule has 0 saturated carbocycles. The second-order valence-electron chi connectivity index (χ2n) is 10.0. The molecule has 8 rings (SSSR count). The second-order valence-corrected chi connectivity index (χ2v) is 10.0. The highest BCUT2D eigenvalue weighted by Gasteiger charge is 2.17. The summed E-state index contributed by atoms with van der Waals surface area (Å²) in [6.45, 7) is 0. The summed E-state index contributed by atoms with van der Waals surface area (Å²) in [4.78, 5) is 4.49. The first kappa shape index (κ1) is 22.3. The molecule has 8 aromatic rings. The number of aromatic nitrogens is 3. The lowest BCUT2D eigenvalue weighted by atomic mass is 10.0. The molecule has 0 aliphatic carbocycles. The zero-order valence-electron chi connectivity index (χ0n) is 21.5. The third kappa shape index (κ3) is 3.28. The van der Waals surface area contributed by atoms with Crippen LogP contribution in [-0.4, -0.2) is 14.1 Å². The maximum atomic E-state index is 9.38. The molecule has 0 N–H and O–H groups in total. The molecule has 186 valence electrons. The highest BCUT2D eigenvalue weighted by Crippen LogP contribution is 2.37. The number of hydrogen-bond donors (Lipinski definition) is 0. The van der Waals surface area contributed by atoms with E-state index in [1.54, 1.807) is 0 Å². The molecule has 0 amide bonds. The molecule has 0 aliphatic rings. The van der Waals surface area contributed by atoms with E-state index in [0.717, 1.165) is 44.6 Å². The van der Waals surface area contributed by atoms with Crippen molar-refractivity contribution in [3.63, 3.8) is 0 Å².